The highest BCUT2D eigenvalue weighted by Crippen LogP contribution is 2.19. The van der Waals surface area contributed by atoms with Crippen LogP contribution in [-0.4, -0.2) is 35.2 Å². The van der Waals surface area contributed by atoms with Gasteiger partial charge in [0.1, 0.15) is 0 Å². The van der Waals surface area contributed by atoms with Crippen molar-refractivity contribution in [2.24, 2.45) is 5.92 Å². The van der Waals surface area contributed by atoms with Crippen LogP contribution in [0.1, 0.15) is 18.9 Å². The Kier molecular flexibility index (Phi) is 4.82. The van der Waals surface area contributed by atoms with Gasteiger partial charge in [-0.05, 0) is 31.0 Å². The Balaban J connectivity index is 1.80. The minimum Gasteiger partial charge on any atom is -0.393 e. The molecule has 0 aromatic heterocycles. The second-order valence-electron chi connectivity index (χ2n) is 5.02. The Morgan fingerprint density at radius 3 is 2.79 bits per heavy atom. The number of benzene rings is 1. The van der Waals surface area contributed by atoms with Crippen LogP contribution in [0.4, 0.5) is 4.79 Å². The molecule has 5 heteroatoms. The fourth-order valence-corrected chi connectivity index (χ4v) is 2.52. The van der Waals surface area contributed by atoms with E-state index in [0.717, 1.165) is 23.0 Å². The van der Waals surface area contributed by atoms with Crippen LogP contribution < -0.4 is 5.32 Å². The molecule has 1 fully saturated rings. The molecule has 0 aliphatic carbocycles. The summed E-state index contributed by atoms with van der Waals surface area (Å²) in [6, 6.07) is 7.83. The standard InChI is InChI=1S/C14H19BrN2O2/c1-10(18)12-6-7-17(9-12)14(19)16-8-11-2-4-13(15)5-3-11/h2-5,10,12,18H,6-9H2,1H3,(H,16,19). The first-order valence-electron chi connectivity index (χ1n) is 6.51. The first-order chi connectivity index (χ1) is 9.06. The molecule has 1 heterocycles. The van der Waals surface area contributed by atoms with Crippen molar-refractivity contribution in [1.82, 2.24) is 10.2 Å². The van der Waals surface area contributed by atoms with Gasteiger partial charge in [-0.2, -0.15) is 0 Å². The smallest absolute Gasteiger partial charge is 0.317 e. The average molecular weight is 327 g/mol. The summed E-state index contributed by atoms with van der Waals surface area (Å²) in [5.74, 6) is 0.207. The van der Waals surface area contributed by atoms with Gasteiger partial charge in [-0.25, -0.2) is 4.79 Å². The van der Waals surface area contributed by atoms with E-state index in [-0.39, 0.29) is 18.1 Å². The van der Waals surface area contributed by atoms with Crippen molar-refractivity contribution >= 4 is 22.0 Å². The summed E-state index contributed by atoms with van der Waals surface area (Å²) in [7, 11) is 0. The van der Waals surface area contributed by atoms with Gasteiger partial charge in [0.25, 0.3) is 0 Å². The highest BCUT2D eigenvalue weighted by Gasteiger charge is 2.28. The second-order valence-corrected chi connectivity index (χ2v) is 5.94. The maximum absolute atomic E-state index is 12.0. The number of nitrogens with one attached hydrogen (secondary N) is 1. The summed E-state index contributed by atoms with van der Waals surface area (Å²) < 4.78 is 1.03. The van der Waals surface area contributed by atoms with Gasteiger partial charge in [-0.3, -0.25) is 0 Å². The van der Waals surface area contributed by atoms with Gasteiger partial charge < -0.3 is 15.3 Å². The van der Waals surface area contributed by atoms with E-state index in [4.69, 9.17) is 0 Å². The van der Waals surface area contributed by atoms with Gasteiger partial charge in [0, 0.05) is 30.0 Å². The van der Waals surface area contributed by atoms with Gasteiger partial charge in [-0.1, -0.05) is 28.1 Å². The number of likely N-dealkylation sites (tertiary alicyclic amines) is 1. The number of hydrogen-bond acceptors (Lipinski definition) is 2. The van der Waals surface area contributed by atoms with Gasteiger partial charge >= 0.3 is 6.03 Å². The summed E-state index contributed by atoms with van der Waals surface area (Å²) in [4.78, 5) is 13.8. The highest BCUT2D eigenvalue weighted by molar-refractivity contribution is 9.10. The van der Waals surface area contributed by atoms with E-state index >= 15 is 0 Å². The molecular formula is C14H19BrN2O2. The quantitative estimate of drug-likeness (QED) is 0.895. The molecule has 0 spiro atoms. The van der Waals surface area contributed by atoms with E-state index in [2.05, 4.69) is 21.2 Å². The normalized spacial score (nSPS) is 20.4. The molecule has 1 aliphatic rings. The number of halogens is 1. The molecule has 1 aromatic carbocycles. The van der Waals surface area contributed by atoms with Crippen LogP contribution in [0.5, 0.6) is 0 Å². The third kappa shape index (κ3) is 3.94. The van der Waals surface area contributed by atoms with Gasteiger partial charge in [0.05, 0.1) is 6.10 Å². The third-order valence-electron chi connectivity index (χ3n) is 3.55. The third-order valence-corrected chi connectivity index (χ3v) is 4.08. The number of aliphatic hydroxyl groups is 1. The highest BCUT2D eigenvalue weighted by atomic mass is 79.9. The van der Waals surface area contributed by atoms with Crippen molar-refractivity contribution in [3.8, 4) is 0 Å². The SMILES string of the molecule is CC(O)C1CCN(C(=O)NCc2ccc(Br)cc2)C1. The Morgan fingerprint density at radius 2 is 2.21 bits per heavy atom. The molecule has 1 aliphatic heterocycles. The predicted octanol–water partition coefficient (Wildman–Crippen LogP) is 2.36. The molecule has 2 N–H and O–H groups in total. The van der Waals surface area contributed by atoms with Gasteiger partial charge in [-0.15, -0.1) is 0 Å². The molecule has 1 saturated heterocycles. The average Bonchev–Trinajstić information content (AvgIpc) is 2.87. The lowest BCUT2D eigenvalue weighted by Crippen LogP contribution is -2.38. The zero-order valence-corrected chi connectivity index (χ0v) is 12.6. The zero-order chi connectivity index (χ0) is 13.8. The maximum Gasteiger partial charge on any atom is 0.317 e. The molecule has 2 amide bonds. The van der Waals surface area contributed by atoms with Crippen LogP contribution in [0.25, 0.3) is 0 Å². The molecule has 0 radical (unpaired) electrons. The topological polar surface area (TPSA) is 52.6 Å². The van der Waals surface area contributed by atoms with Crippen molar-refractivity contribution in [1.29, 1.82) is 0 Å². The van der Waals surface area contributed by atoms with Crippen LogP contribution in [-0.2, 0) is 6.54 Å². The Hall–Kier alpha value is -1.07. The van der Waals surface area contributed by atoms with Gasteiger partial charge in [0.2, 0.25) is 0 Å². The van der Waals surface area contributed by atoms with Gasteiger partial charge in [0.15, 0.2) is 0 Å². The number of aliphatic hydroxyl groups excluding tert-OH is 1. The van der Waals surface area contributed by atoms with E-state index in [0.29, 0.717) is 13.1 Å². The minimum absolute atomic E-state index is 0.0499. The fraction of sp³-hybridized carbons (Fsp3) is 0.500. The van der Waals surface area contributed by atoms with E-state index in [9.17, 15) is 9.90 Å². The number of amides is 2. The molecule has 1 aromatic rings. The lowest BCUT2D eigenvalue weighted by atomic mass is 10.0. The lowest BCUT2D eigenvalue weighted by molar-refractivity contribution is 0.129. The fourth-order valence-electron chi connectivity index (χ4n) is 2.26. The molecule has 2 atom stereocenters. The predicted molar refractivity (Wildman–Crippen MR) is 77.7 cm³/mol. The number of urea groups is 1. The Bertz CT molecular complexity index is 434. The number of carbonyl (C=O) groups is 1. The number of carbonyl (C=O) groups excluding carboxylic acids is 1. The molecule has 2 rings (SSSR count). The zero-order valence-electron chi connectivity index (χ0n) is 11.0. The summed E-state index contributed by atoms with van der Waals surface area (Å²) in [5.41, 5.74) is 1.07. The number of nitrogens with zero attached hydrogens (tertiary/aromatic N) is 1. The molecule has 104 valence electrons. The van der Waals surface area contributed by atoms with Crippen LogP contribution in [0.3, 0.4) is 0 Å². The van der Waals surface area contributed by atoms with E-state index in [1.54, 1.807) is 11.8 Å². The largest absolute Gasteiger partial charge is 0.393 e. The monoisotopic (exact) mass is 326 g/mol. The van der Waals surface area contributed by atoms with Crippen molar-refractivity contribution in [2.45, 2.75) is 26.0 Å². The van der Waals surface area contributed by atoms with Crippen molar-refractivity contribution in [3.63, 3.8) is 0 Å². The summed E-state index contributed by atoms with van der Waals surface area (Å²) in [6.45, 7) is 3.68. The minimum atomic E-state index is -0.343. The van der Waals surface area contributed by atoms with Crippen molar-refractivity contribution in [3.05, 3.63) is 34.3 Å². The van der Waals surface area contributed by atoms with E-state index < -0.39 is 0 Å². The van der Waals surface area contributed by atoms with E-state index in [1.165, 1.54) is 0 Å². The molecule has 19 heavy (non-hydrogen) atoms. The number of hydrogen-bond donors (Lipinski definition) is 2. The molecule has 2 unspecified atom stereocenters. The summed E-state index contributed by atoms with van der Waals surface area (Å²) >= 11 is 3.38. The van der Waals surface area contributed by atoms with Crippen LogP contribution >= 0.6 is 15.9 Å². The van der Waals surface area contributed by atoms with Crippen molar-refractivity contribution < 1.29 is 9.90 Å². The Labute approximate surface area is 121 Å². The first kappa shape index (κ1) is 14.3. The lowest BCUT2D eigenvalue weighted by Gasteiger charge is -2.18. The second kappa shape index (κ2) is 6.39. The molecule has 0 saturated carbocycles. The number of rotatable bonds is 3. The first-order valence-corrected chi connectivity index (χ1v) is 7.31. The van der Waals surface area contributed by atoms with Crippen LogP contribution in [0.2, 0.25) is 0 Å². The van der Waals surface area contributed by atoms with Crippen molar-refractivity contribution in [2.75, 3.05) is 13.1 Å². The Morgan fingerprint density at radius 1 is 1.53 bits per heavy atom. The molecule has 4 nitrogen and oxygen atoms in total. The maximum atomic E-state index is 12.0. The van der Waals surface area contributed by atoms with Crippen LogP contribution in [0.15, 0.2) is 28.7 Å². The van der Waals surface area contributed by atoms with E-state index in [1.807, 2.05) is 24.3 Å². The summed E-state index contributed by atoms with van der Waals surface area (Å²) in [5, 5.41) is 12.4. The summed E-state index contributed by atoms with van der Waals surface area (Å²) in [6.07, 6.45) is 0.535. The molecule has 0 bridgehead atoms. The van der Waals surface area contributed by atoms with Crippen LogP contribution in [0, 0.1) is 5.92 Å². The molecular weight excluding hydrogens is 308 g/mol.